The molecule has 9 rings (SSSR count). The van der Waals surface area contributed by atoms with Crippen LogP contribution in [0.3, 0.4) is 0 Å². The molecule has 9 aromatic carbocycles. The molecule has 59 heavy (non-hydrogen) atoms. The van der Waals surface area contributed by atoms with Crippen LogP contribution in [0.15, 0.2) is 273 Å². The van der Waals surface area contributed by atoms with Crippen LogP contribution in [0.5, 0.6) is 0 Å². The number of benzene rings is 9. The first kappa shape index (κ1) is 46.0. The maximum absolute atomic E-state index is 3.91. The Morgan fingerprint density at radius 3 is 0.627 bits per heavy atom. The van der Waals surface area contributed by atoms with Gasteiger partial charge in [0.05, 0.1) is 0 Å². The molecule has 0 N–H and O–H groups in total. The predicted octanol–water partition coefficient (Wildman–Crippen LogP) is 10.6. The Labute approximate surface area is 382 Å². The summed E-state index contributed by atoms with van der Waals surface area (Å²) in [5.41, 5.74) is 0. The summed E-state index contributed by atoms with van der Waals surface area (Å²) in [5.74, 6) is 0. The molecular formula is C54H45BrP2PbPt-. The fourth-order valence-electron chi connectivity index (χ4n) is 6.03. The summed E-state index contributed by atoms with van der Waals surface area (Å²) in [6, 6.07) is 98.7. The van der Waals surface area contributed by atoms with Gasteiger partial charge in [0.2, 0.25) is 0 Å². The smallest absolute Gasteiger partial charge is 0 e. The van der Waals surface area contributed by atoms with Crippen LogP contribution in [0.1, 0.15) is 0 Å². The van der Waals surface area contributed by atoms with Gasteiger partial charge in [0.25, 0.3) is 0 Å². The van der Waals surface area contributed by atoms with Crippen molar-refractivity contribution in [3.8, 4) is 0 Å². The molecule has 0 saturated carbocycles. The third kappa shape index (κ3) is 15.2. The van der Waals surface area contributed by atoms with Crippen molar-refractivity contribution in [2.45, 2.75) is 0 Å². The summed E-state index contributed by atoms with van der Waals surface area (Å²) in [7, 11) is -0.892. The first-order valence-electron chi connectivity index (χ1n) is 19.2. The molecule has 0 aliphatic rings. The van der Waals surface area contributed by atoms with Gasteiger partial charge in [-0.05, 0) is 47.7 Å². The minimum Gasteiger partial charge on any atom is -0.184 e. The average molecular weight is 1240 g/mol. The SMILES string of the molecule is [Br][Pb]([c]1ccccc1)[c]1ccccc1.[Pt].[c-]1ccccc1.c1ccc(P(c2ccccc2)c2ccccc2)cc1.c1ccc(P(c2ccccc2)c2ccccc2)cc1. The summed E-state index contributed by atoms with van der Waals surface area (Å²) in [6.45, 7) is 0. The van der Waals surface area contributed by atoms with Gasteiger partial charge in [-0.25, -0.2) is 0 Å². The fourth-order valence-corrected chi connectivity index (χ4v) is 20.4. The molecule has 5 heteroatoms. The molecule has 0 saturated heterocycles. The van der Waals surface area contributed by atoms with Gasteiger partial charge < -0.3 is 0 Å². The zero-order valence-corrected chi connectivity index (χ0v) is 42.1. The standard InChI is InChI=1S/2C18H15P.3C6H5.BrH.Pb.Pt/c2*1-4-10-16(11-5-1)19(17-12-6-2-7-13-17)18-14-8-3-9-15-18;3*1-2-4-6-5-3-1;;;/h2*1-15H;3*1-5H;1H;;/q;;;;-1;;+1;/p-1. The van der Waals surface area contributed by atoms with E-state index in [2.05, 4.69) is 261 Å². The van der Waals surface area contributed by atoms with Crippen LogP contribution in [-0.2, 0) is 21.1 Å². The van der Waals surface area contributed by atoms with E-state index in [-0.39, 0.29) is 21.1 Å². The van der Waals surface area contributed by atoms with Crippen molar-refractivity contribution in [2.24, 2.45) is 0 Å². The van der Waals surface area contributed by atoms with Crippen LogP contribution in [0, 0.1) is 6.07 Å². The molecule has 0 aromatic heterocycles. The van der Waals surface area contributed by atoms with Gasteiger partial charge >= 0.3 is 99.2 Å². The Morgan fingerprint density at radius 1 is 0.271 bits per heavy atom. The van der Waals surface area contributed by atoms with Crippen molar-refractivity contribution in [2.75, 3.05) is 0 Å². The molecule has 0 unspecified atom stereocenters. The van der Waals surface area contributed by atoms with Gasteiger partial charge in [-0.15, -0.1) is 0 Å². The van der Waals surface area contributed by atoms with Crippen LogP contribution < -0.4 is 38.1 Å². The third-order valence-electron chi connectivity index (χ3n) is 8.75. The van der Waals surface area contributed by atoms with Gasteiger partial charge in [0, 0.05) is 21.1 Å². The van der Waals surface area contributed by atoms with Crippen LogP contribution in [0.2, 0.25) is 0 Å². The first-order chi connectivity index (χ1) is 28.8. The fraction of sp³-hybridized carbons (Fsp3) is 0. The maximum atomic E-state index is 3.91. The third-order valence-corrected chi connectivity index (χ3v) is 28.2. The van der Waals surface area contributed by atoms with E-state index >= 15 is 0 Å². The molecule has 0 spiro atoms. The number of hydrogen-bond acceptors (Lipinski definition) is 0. The van der Waals surface area contributed by atoms with Gasteiger partial charge in [0.15, 0.2) is 0 Å². The molecule has 9 aromatic rings. The normalized spacial score (nSPS) is 10.1. The van der Waals surface area contributed by atoms with Gasteiger partial charge in [-0.2, -0.15) is 36.4 Å². The zero-order chi connectivity index (χ0) is 39.9. The van der Waals surface area contributed by atoms with Gasteiger partial charge in [0.1, 0.15) is 0 Å². The van der Waals surface area contributed by atoms with Gasteiger partial charge in [-0.1, -0.05) is 182 Å². The molecule has 0 amide bonds. The molecule has 0 aliphatic carbocycles. The van der Waals surface area contributed by atoms with Gasteiger partial charge in [-0.3, -0.25) is 0 Å². The summed E-state index contributed by atoms with van der Waals surface area (Å²) in [6.07, 6.45) is 0. The number of hydrogen-bond donors (Lipinski definition) is 0. The Hall–Kier alpha value is -4.07. The average Bonchev–Trinajstić information content (AvgIpc) is 3.33. The first-order valence-corrected chi connectivity index (χ1v) is 34.2. The predicted molar refractivity (Wildman–Crippen MR) is 262 cm³/mol. The molecule has 0 bridgehead atoms. The second-order valence-corrected chi connectivity index (χ2v) is 31.1. The summed E-state index contributed by atoms with van der Waals surface area (Å²) < 4.78 is 3.01. The monoisotopic (exact) mass is 1240 g/mol. The topological polar surface area (TPSA) is 0 Å². The molecule has 0 fully saturated rings. The van der Waals surface area contributed by atoms with Crippen LogP contribution in [0.25, 0.3) is 0 Å². The zero-order valence-electron chi connectivity index (χ0n) is 32.6. The summed E-state index contributed by atoms with van der Waals surface area (Å²) in [4.78, 5) is 0. The van der Waals surface area contributed by atoms with Crippen molar-refractivity contribution < 1.29 is 21.1 Å². The van der Waals surface area contributed by atoms with Crippen LogP contribution in [0.4, 0.5) is 0 Å². The van der Waals surface area contributed by atoms with Crippen molar-refractivity contribution in [3.05, 3.63) is 279 Å². The second kappa shape index (κ2) is 26.9. The van der Waals surface area contributed by atoms with E-state index in [1.165, 1.54) is 38.1 Å². The van der Waals surface area contributed by atoms with E-state index in [0.29, 0.717) is 0 Å². The van der Waals surface area contributed by atoms with E-state index < -0.39 is 36.1 Å². The number of rotatable bonds is 8. The van der Waals surface area contributed by atoms with Crippen molar-refractivity contribution in [1.82, 2.24) is 0 Å². The quantitative estimate of drug-likeness (QED) is 0.0808. The van der Waals surface area contributed by atoms with E-state index in [1.807, 2.05) is 30.3 Å². The van der Waals surface area contributed by atoms with E-state index in [4.69, 9.17) is 0 Å². The van der Waals surface area contributed by atoms with Crippen molar-refractivity contribution >= 4 is 86.2 Å². The van der Waals surface area contributed by atoms with E-state index in [9.17, 15) is 0 Å². The molecule has 0 aliphatic heterocycles. The second-order valence-electron chi connectivity index (χ2n) is 12.8. The molecule has 1 radical (unpaired) electrons. The van der Waals surface area contributed by atoms with Crippen molar-refractivity contribution in [1.29, 1.82) is 0 Å². The number of halogens is 1. The largest absolute Gasteiger partial charge is 0.184 e. The minimum atomic E-state index is -1.85. The minimum absolute atomic E-state index is 0. The molecule has 0 atom stereocenters. The van der Waals surface area contributed by atoms with Crippen LogP contribution in [-0.4, -0.2) is 20.3 Å². The van der Waals surface area contributed by atoms with Crippen LogP contribution >= 0.6 is 27.8 Å². The van der Waals surface area contributed by atoms with E-state index in [1.54, 1.807) is 0 Å². The molecule has 0 heterocycles. The maximum Gasteiger partial charge on any atom is 0 e. The Morgan fingerprint density at radius 2 is 0.458 bits per heavy atom. The van der Waals surface area contributed by atoms with E-state index in [0.717, 1.165) is 0 Å². The molecule has 293 valence electrons. The Balaban J connectivity index is 0.000000157. The van der Waals surface area contributed by atoms with Crippen molar-refractivity contribution in [3.63, 3.8) is 0 Å². The Bertz CT molecular complexity index is 2010. The molecular weight excluding hydrogens is 1190 g/mol. The summed E-state index contributed by atoms with van der Waals surface area (Å²) in [5, 5.41) is 8.39. The Kier molecular flexibility index (Phi) is 21.0. The molecule has 0 nitrogen and oxygen atoms in total. The summed E-state index contributed by atoms with van der Waals surface area (Å²) >= 11 is 2.05.